The maximum absolute atomic E-state index is 4.55. The highest BCUT2D eigenvalue weighted by molar-refractivity contribution is 7.99. The SMILES string of the molecule is CCCc1nc(NCC)cc(Sc2ccncn2)n1. The van der Waals surface area contributed by atoms with Gasteiger partial charge in [-0.25, -0.2) is 19.9 Å². The molecule has 0 saturated heterocycles. The van der Waals surface area contributed by atoms with Crippen LogP contribution < -0.4 is 5.32 Å². The number of nitrogens with one attached hydrogen (secondary N) is 1. The van der Waals surface area contributed by atoms with Gasteiger partial charge in [0.25, 0.3) is 0 Å². The van der Waals surface area contributed by atoms with E-state index in [1.807, 2.05) is 12.1 Å². The van der Waals surface area contributed by atoms with E-state index >= 15 is 0 Å². The third-order valence-corrected chi connectivity index (χ3v) is 3.21. The number of aryl methyl sites for hydroxylation is 1. The van der Waals surface area contributed by atoms with Gasteiger partial charge in [0.05, 0.1) is 0 Å². The van der Waals surface area contributed by atoms with E-state index in [1.165, 1.54) is 11.8 Å². The van der Waals surface area contributed by atoms with Gasteiger partial charge in [0.2, 0.25) is 0 Å². The molecule has 0 aliphatic carbocycles. The second-order valence-electron chi connectivity index (χ2n) is 3.94. The molecule has 0 atom stereocenters. The van der Waals surface area contributed by atoms with Crippen LogP contribution in [-0.2, 0) is 6.42 Å². The molecule has 2 heterocycles. The lowest BCUT2D eigenvalue weighted by Gasteiger charge is -2.07. The fourth-order valence-electron chi connectivity index (χ4n) is 1.58. The Morgan fingerprint density at radius 3 is 2.79 bits per heavy atom. The van der Waals surface area contributed by atoms with Crippen LogP contribution in [0.1, 0.15) is 26.1 Å². The summed E-state index contributed by atoms with van der Waals surface area (Å²) in [6.45, 7) is 5.03. The topological polar surface area (TPSA) is 63.6 Å². The van der Waals surface area contributed by atoms with Gasteiger partial charge in [0.15, 0.2) is 0 Å². The normalized spacial score (nSPS) is 10.4. The number of rotatable bonds is 6. The summed E-state index contributed by atoms with van der Waals surface area (Å²) in [6.07, 6.45) is 5.19. The number of aromatic nitrogens is 4. The van der Waals surface area contributed by atoms with Crippen molar-refractivity contribution in [3.8, 4) is 0 Å². The van der Waals surface area contributed by atoms with Crippen molar-refractivity contribution in [2.75, 3.05) is 11.9 Å². The van der Waals surface area contributed by atoms with E-state index in [9.17, 15) is 0 Å². The van der Waals surface area contributed by atoms with Crippen LogP contribution >= 0.6 is 11.8 Å². The molecular weight excluding hydrogens is 258 g/mol. The lowest BCUT2D eigenvalue weighted by atomic mass is 10.3. The molecule has 0 radical (unpaired) electrons. The van der Waals surface area contributed by atoms with Gasteiger partial charge in [-0.3, -0.25) is 0 Å². The van der Waals surface area contributed by atoms with Crippen LogP contribution in [0.4, 0.5) is 5.82 Å². The molecular formula is C13H17N5S. The van der Waals surface area contributed by atoms with E-state index in [0.717, 1.165) is 41.1 Å². The van der Waals surface area contributed by atoms with Crippen molar-refractivity contribution in [1.29, 1.82) is 0 Å². The predicted molar refractivity (Wildman–Crippen MR) is 76.3 cm³/mol. The highest BCUT2D eigenvalue weighted by Crippen LogP contribution is 2.25. The van der Waals surface area contributed by atoms with Crippen molar-refractivity contribution in [3.05, 3.63) is 30.5 Å². The Morgan fingerprint density at radius 1 is 1.21 bits per heavy atom. The average Bonchev–Trinajstić information content (AvgIpc) is 2.40. The van der Waals surface area contributed by atoms with Crippen LogP contribution in [-0.4, -0.2) is 26.5 Å². The standard InChI is InChI=1S/C13H17N5S/c1-3-5-10-17-11(15-4-2)8-13(18-10)19-12-6-7-14-9-16-12/h6-9H,3-5H2,1-2H3,(H,15,17,18). The first kappa shape index (κ1) is 13.7. The minimum atomic E-state index is 0.847. The van der Waals surface area contributed by atoms with Gasteiger partial charge < -0.3 is 5.32 Å². The summed E-state index contributed by atoms with van der Waals surface area (Å²) in [6, 6.07) is 3.83. The molecule has 0 spiro atoms. The second-order valence-corrected chi connectivity index (χ2v) is 4.98. The molecule has 0 saturated carbocycles. The molecule has 2 aromatic rings. The van der Waals surface area contributed by atoms with Gasteiger partial charge in [-0.2, -0.15) is 0 Å². The van der Waals surface area contributed by atoms with Crippen molar-refractivity contribution in [3.63, 3.8) is 0 Å². The first-order chi connectivity index (χ1) is 9.31. The fourth-order valence-corrected chi connectivity index (χ4v) is 2.34. The van der Waals surface area contributed by atoms with Crippen LogP contribution in [0.15, 0.2) is 34.7 Å². The molecule has 0 aliphatic rings. The minimum Gasteiger partial charge on any atom is -0.370 e. The first-order valence-electron chi connectivity index (χ1n) is 6.37. The Kier molecular flexibility index (Phi) is 5.09. The van der Waals surface area contributed by atoms with Crippen molar-refractivity contribution < 1.29 is 0 Å². The molecule has 5 nitrogen and oxygen atoms in total. The maximum Gasteiger partial charge on any atom is 0.132 e. The summed E-state index contributed by atoms with van der Waals surface area (Å²) in [7, 11) is 0. The minimum absolute atomic E-state index is 0.847. The lowest BCUT2D eigenvalue weighted by Crippen LogP contribution is -2.04. The molecule has 19 heavy (non-hydrogen) atoms. The summed E-state index contributed by atoms with van der Waals surface area (Å²) < 4.78 is 0. The van der Waals surface area contributed by atoms with Gasteiger partial charge in [-0.05, 0) is 31.2 Å². The third kappa shape index (κ3) is 4.17. The van der Waals surface area contributed by atoms with Crippen LogP contribution in [0, 0.1) is 0 Å². The molecule has 0 aliphatic heterocycles. The average molecular weight is 275 g/mol. The number of hydrogen-bond acceptors (Lipinski definition) is 6. The zero-order valence-electron chi connectivity index (χ0n) is 11.1. The molecule has 100 valence electrons. The van der Waals surface area contributed by atoms with Gasteiger partial charge >= 0.3 is 0 Å². The monoisotopic (exact) mass is 275 g/mol. The maximum atomic E-state index is 4.55. The Labute approximate surface area is 117 Å². The summed E-state index contributed by atoms with van der Waals surface area (Å²) in [5.74, 6) is 1.75. The molecule has 2 aromatic heterocycles. The summed E-state index contributed by atoms with van der Waals surface area (Å²) in [5.41, 5.74) is 0. The molecule has 0 aromatic carbocycles. The van der Waals surface area contributed by atoms with E-state index in [4.69, 9.17) is 0 Å². The van der Waals surface area contributed by atoms with Gasteiger partial charge in [-0.1, -0.05) is 6.92 Å². The van der Waals surface area contributed by atoms with Gasteiger partial charge in [-0.15, -0.1) is 0 Å². The highest BCUT2D eigenvalue weighted by Gasteiger charge is 2.06. The Balaban J connectivity index is 2.23. The Hall–Kier alpha value is -1.69. The van der Waals surface area contributed by atoms with Crippen LogP contribution in [0.2, 0.25) is 0 Å². The van der Waals surface area contributed by atoms with Crippen molar-refractivity contribution >= 4 is 17.6 Å². The number of nitrogens with zero attached hydrogens (tertiary/aromatic N) is 4. The van der Waals surface area contributed by atoms with Gasteiger partial charge in [0.1, 0.15) is 28.0 Å². The third-order valence-electron chi connectivity index (χ3n) is 2.34. The fraction of sp³-hybridized carbons (Fsp3) is 0.385. The van der Waals surface area contributed by atoms with Crippen molar-refractivity contribution in [2.45, 2.75) is 36.7 Å². The van der Waals surface area contributed by atoms with Gasteiger partial charge in [0, 0.05) is 25.2 Å². The molecule has 2 rings (SSSR count). The van der Waals surface area contributed by atoms with Crippen molar-refractivity contribution in [2.24, 2.45) is 0 Å². The summed E-state index contributed by atoms with van der Waals surface area (Å²) in [5, 5.41) is 5.03. The van der Waals surface area contributed by atoms with E-state index in [2.05, 4.69) is 39.1 Å². The zero-order chi connectivity index (χ0) is 13.5. The van der Waals surface area contributed by atoms with Crippen LogP contribution in [0.3, 0.4) is 0 Å². The predicted octanol–water partition coefficient (Wildman–Crippen LogP) is 2.80. The Morgan fingerprint density at radius 2 is 2.11 bits per heavy atom. The van der Waals surface area contributed by atoms with E-state index in [1.54, 1.807) is 12.5 Å². The molecule has 1 N–H and O–H groups in total. The Bertz CT molecular complexity index is 493. The molecule has 0 bridgehead atoms. The summed E-state index contributed by atoms with van der Waals surface area (Å²) in [4.78, 5) is 17.1. The largest absolute Gasteiger partial charge is 0.370 e. The molecule has 6 heteroatoms. The summed E-state index contributed by atoms with van der Waals surface area (Å²) >= 11 is 1.53. The quantitative estimate of drug-likeness (QED) is 0.818. The van der Waals surface area contributed by atoms with E-state index in [0.29, 0.717) is 0 Å². The smallest absolute Gasteiger partial charge is 0.132 e. The molecule has 0 unspecified atom stereocenters. The van der Waals surface area contributed by atoms with E-state index < -0.39 is 0 Å². The first-order valence-corrected chi connectivity index (χ1v) is 7.19. The van der Waals surface area contributed by atoms with E-state index in [-0.39, 0.29) is 0 Å². The van der Waals surface area contributed by atoms with Crippen molar-refractivity contribution in [1.82, 2.24) is 19.9 Å². The molecule has 0 amide bonds. The highest BCUT2D eigenvalue weighted by atomic mass is 32.2. The second kappa shape index (κ2) is 7.04. The molecule has 0 fully saturated rings. The van der Waals surface area contributed by atoms with Crippen LogP contribution in [0.5, 0.6) is 0 Å². The number of hydrogen-bond donors (Lipinski definition) is 1. The van der Waals surface area contributed by atoms with Crippen LogP contribution in [0.25, 0.3) is 0 Å². The number of anilines is 1. The zero-order valence-corrected chi connectivity index (χ0v) is 11.9. The lowest BCUT2D eigenvalue weighted by molar-refractivity contribution is 0.809.